The zero-order chi connectivity index (χ0) is 26.6. The van der Waals surface area contributed by atoms with Gasteiger partial charge in [0, 0.05) is 58.9 Å². The summed E-state index contributed by atoms with van der Waals surface area (Å²) in [5.41, 5.74) is 5.79. The van der Waals surface area contributed by atoms with Gasteiger partial charge in [0.1, 0.15) is 17.3 Å². The van der Waals surface area contributed by atoms with Crippen molar-refractivity contribution in [2.75, 3.05) is 18.4 Å². The van der Waals surface area contributed by atoms with Gasteiger partial charge in [-0.25, -0.2) is 19.3 Å². The molecule has 0 unspecified atom stereocenters. The van der Waals surface area contributed by atoms with E-state index in [2.05, 4.69) is 56.6 Å². The lowest BCUT2D eigenvalue weighted by atomic mass is 9.80. The molecule has 0 spiro atoms. The predicted octanol–water partition coefficient (Wildman–Crippen LogP) is 5.52. The lowest BCUT2D eigenvalue weighted by molar-refractivity contribution is 0.236. The summed E-state index contributed by atoms with van der Waals surface area (Å²) >= 11 is 0. The number of nitrogens with zero attached hydrogens (tertiary/aromatic N) is 5. The minimum atomic E-state index is -0.395. The molecule has 0 bridgehead atoms. The molecule has 0 amide bonds. The monoisotopic (exact) mass is 518 g/mol. The third-order valence-corrected chi connectivity index (χ3v) is 7.70. The number of halogens is 1. The van der Waals surface area contributed by atoms with Crippen LogP contribution in [0.15, 0.2) is 67.4 Å². The van der Waals surface area contributed by atoms with Crippen LogP contribution in [0, 0.1) is 11.2 Å². The molecule has 39 heavy (non-hydrogen) atoms. The Hall–Kier alpha value is -4.50. The Bertz CT molecular complexity index is 1800. The fourth-order valence-corrected chi connectivity index (χ4v) is 5.44. The number of hydrogen-bond donors (Lipinski definition) is 3. The predicted molar refractivity (Wildman–Crippen MR) is 151 cm³/mol. The van der Waals surface area contributed by atoms with Gasteiger partial charge in [-0.05, 0) is 42.2 Å². The van der Waals surface area contributed by atoms with E-state index in [1.807, 2.05) is 24.4 Å². The van der Waals surface area contributed by atoms with E-state index >= 15 is 0 Å². The highest BCUT2D eigenvalue weighted by Crippen LogP contribution is 2.37. The number of pyridine rings is 3. The SMILES string of the molecule is CC1(C)CNCC[C@@H]1Nc1nc(-c2ccnc3[nH]c(-c4cncc(F)c4)cc23)nc2cncc(C3=CC=C3)c12. The van der Waals surface area contributed by atoms with Crippen LogP contribution in [0.4, 0.5) is 10.2 Å². The third kappa shape index (κ3) is 4.15. The number of allylic oxidation sites excluding steroid dienone is 4. The Morgan fingerprint density at radius 1 is 1.05 bits per heavy atom. The van der Waals surface area contributed by atoms with Gasteiger partial charge >= 0.3 is 0 Å². The van der Waals surface area contributed by atoms with Gasteiger partial charge in [0.15, 0.2) is 5.82 Å². The Kier molecular flexibility index (Phi) is 5.48. The van der Waals surface area contributed by atoms with Gasteiger partial charge in [0.05, 0.1) is 23.3 Å². The number of fused-ring (bicyclic) bond motifs is 2. The van der Waals surface area contributed by atoms with Crippen LogP contribution in [-0.4, -0.2) is 49.0 Å². The van der Waals surface area contributed by atoms with E-state index in [-0.39, 0.29) is 11.5 Å². The van der Waals surface area contributed by atoms with Gasteiger partial charge in [0.25, 0.3) is 0 Å². The molecule has 3 N–H and O–H groups in total. The molecule has 1 aliphatic heterocycles. The average molecular weight is 519 g/mol. The molecule has 0 aromatic carbocycles. The van der Waals surface area contributed by atoms with Crippen LogP contribution in [0.5, 0.6) is 0 Å². The van der Waals surface area contributed by atoms with Crippen LogP contribution in [0.1, 0.15) is 25.8 Å². The normalized spacial score (nSPS) is 18.2. The number of piperidine rings is 1. The number of rotatable bonds is 5. The van der Waals surface area contributed by atoms with E-state index in [4.69, 9.17) is 9.97 Å². The van der Waals surface area contributed by atoms with Crippen molar-refractivity contribution in [2.24, 2.45) is 5.41 Å². The Morgan fingerprint density at radius 3 is 2.72 bits per heavy atom. The van der Waals surface area contributed by atoms with E-state index in [1.165, 1.54) is 12.3 Å². The van der Waals surface area contributed by atoms with E-state index in [1.54, 1.807) is 18.6 Å². The molecular formula is C30H27FN8. The first-order valence-corrected chi connectivity index (χ1v) is 13.1. The smallest absolute Gasteiger partial charge is 0.163 e. The summed E-state index contributed by atoms with van der Waals surface area (Å²) in [6, 6.07) is 5.54. The molecule has 5 aromatic heterocycles. The molecule has 1 fully saturated rings. The largest absolute Gasteiger partial charge is 0.366 e. The number of aromatic nitrogens is 6. The van der Waals surface area contributed by atoms with E-state index in [0.717, 1.165) is 64.0 Å². The van der Waals surface area contributed by atoms with Crippen molar-refractivity contribution in [3.63, 3.8) is 0 Å². The van der Waals surface area contributed by atoms with Crippen LogP contribution in [-0.2, 0) is 0 Å². The quantitative estimate of drug-likeness (QED) is 0.281. The zero-order valence-corrected chi connectivity index (χ0v) is 21.7. The van der Waals surface area contributed by atoms with Gasteiger partial charge in [-0.2, -0.15) is 0 Å². The molecule has 0 saturated carbocycles. The zero-order valence-electron chi connectivity index (χ0n) is 21.7. The van der Waals surface area contributed by atoms with Gasteiger partial charge < -0.3 is 15.6 Å². The van der Waals surface area contributed by atoms with Gasteiger partial charge in [0.2, 0.25) is 0 Å². The maximum Gasteiger partial charge on any atom is 0.163 e. The summed E-state index contributed by atoms with van der Waals surface area (Å²) in [6.07, 6.45) is 15.4. The molecule has 9 heteroatoms. The Labute approximate surface area is 224 Å². The summed E-state index contributed by atoms with van der Waals surface area (Å²) < 4.78 is 13.9. The number of nitrogens with one attached hydrogen (secondary N) is 3. The van der Waals surface area contributed by atoms with Crippen molar-refractivity contribution in [3.05, 3.63) is 78.8 Å². The maximum absolute atomic E-state index is 13.9. The second-order valence-corrected chi connectivity index (χ2v) is 10.8. The lowest BCUT2D eigenvalue weighted by Crippen LogP contribution is -2.49. The van der Waals surface area contributed by atoms with Crippen molar-refractivity contribution in [2.45, 2.75) is 26.3 Å². The molecule has 2 aliphatic rings. The summed E-state index contributed by atoms with van der Waals surface area (Å²) in [5, 5.41) is 9.13. The molecular weight excluding hydrogens is 491 g/mol. The minimum Gasteiger partial charge on any atom is -0.366 e. The van der Waals surface area contributed by atoms with Crippen molar-refractivity contribution in [1.29, 1.82) is 0 Å². The fraction of sp³-hybridized carbons (Fsp3) is 0.233. The summed E-state index contributed by atoms with van der Waals surface area (Å²) in [5.74, 6) is 0.973. The highest BCUT2D eigenvalue weighted by molar-refractivity contribution is 6.03. The molecule has 1 saturated heterocycles. The van der Waals surface area contributed by atoms with Crippen LogP contribution >= 0.6 is 0 Å². The molecule has 1 atom stereocenters. The van der Waals surface area contributed by atoms with Crippen LogP contribution in [0.3, 0.4) is 0 Å². The van der Waals surface area contributed by atoms with Crippen molar-refractivity contribution in [3.8, 4) is 22.6 Å². The third-order valence-electron chi connectivity index (χ3n) is 7.70. The molecule has 6 heterocycles. The molecule has 194 valence electrons. The van der Waals surface area contributed by atoms with E-state index in [0.29, 0.717) is 17.0 Å². The van der Waals surface area contributed by atoms with Crippen molar-refractivity contribution >= 4 is 33.3 Å². The number of aromatic amines is 1. The first-order chi connectivity index (χ1) is 19.0. The average Bonchev–Trinajstić information content (AvgIpc) is 3.33. The van der Waals surface area contributed by atoms with E-state index < -0.39 is 5.82 Å². The van der Waals surface area contributed by atoms with Crippen LogP contribution in [0.25, 0.3) is 50.2 Å². The highest BCUT2D eigenvalue weighted by Gasteiger charge is 2.33. The topological polar surface area (TPSA) is 104 Å². The Morgan fingerprint density at radius 2 is 1.92 bits per heavy atom. The number of hydrogen-bond acceptors (Lipinski definition) is 7. The van der Waals surface area contributed by atoms with Crippen molar-refractivity contribution in [1.82, 2.24) is 35.2 Å². The standard InChI is InChI=1S/C30H27FN8/c1-30(2)16-32-8-7-25(30)38-29-26-22(17-4-3-5-17)14-34-15-24(26)37-28(39-29)20-6-9-35-27-21(20)11-23(36-27)18-10-19(31)13-33-12-18/h3-6,9-15,25,32H,7-8,16H2,1-2H3,(H,35,36)(H,37,38,39)/t25-/m0/s1. The Balaban J connectivity index is 1.40. The van der Waals surface area contributed by atoms with Crippen LogP contribution in [0.2, 0.25) is 0 Å². The minimum absolute atomic E-state index is 0.0387. The fourth-order valence-electron chi connectivity index (χ4n) is 5.44. The maximum atomic E-state index is 13.9. The highest BCUT2D eigenvalue weighted by atomic mass is 19.1. The summed E-state index contributed by atoms with van der Waals surface area (Å²) in [4.78, 5) is 26.4. The molecule has 0 radical (unpaired) electrons. The second-order valence-electron chi connectivity index (χ2n) is 10.8. The number of H-pyrrole nitrogens is 1. The first-order valence-electron chi connectivity index (χ1n) is 13.1. The molecule has 8 nitrogen and oxygen atoms in total. The summed E-state index contributed by atoms with van der Waals surface area (Å²) in [7, 11) is 0. The van der Waals surface area contributed by atoms with Gasteiger partial charge in [-0.1, -0.05) is 32.1 Å². The van der Waals surface area contributed by atoms with E-state index in [9.17, 15) is 4.39 Å². The van der Waals surface area contributed by atoms with Crippen LogP contribution < -0.4 is 10.6 Å². The number of anilines is 1. The molecule has 5 aromatic rings. The summed E-state index contributed by atoms with van der Waals surface area (Å²) in [6.45, 7) is 6.42. The lowest BCUT2D eigenvalue weighted by Gasteiger charge is -2.40. The first kappa shape index (κ1) is 23.6. The van der Waals surface area contributed by atoms with Gasteiger partial charge in [-0.3, -0.25) is 9.97 Å². The van der Waals surface area contributed by atoms with Gasteiger partial charge in [-0.15, -0.1) is 0 Å². The molecule has 1 aliphatic carbocycles. The molecule has 7 rings (SSSR count). The van der Waals surface area contributed by atoms with Crippen molar-refractivity contribution < 1.29 is 4.39 Å². The second kappa shape index (κ2) is 9.06.